The number of rotatable bonds is 7. The van der Waals surface area contributed by atoms with Gasteiger partial charge in [0.1, 0.15) is 0 Å². The molecule has 8 nitrogen and oxygen atoms in total. The summed E-state index contributed by atoms with van der Waals surface area (Å²) in [6.45, 7) is 0.514. The number of aliphatic hydroxyl groups is 1. The Morgan fingerprint density at radius 3 is 2.80 bits per heavy atom. The van der Waals surface area contributed by atoms with Crippen LogP contribution < -0.4 is 16.1 Å². The van der Waals surface area contributed by atoms with E-state index in [1.165, 1.54) is 0 Å². The van der Waals surface area contributed by atoms with Crippen molar-refractivity contribution in [2.45, 2.75) is 19.1 Å². The van der Waals surface area contributed by atoms with Gasteiger partial charge in [-0.25, -0.2) is 4.79 Å². The minimum Gasteiger partial charge on any atom is -0.798 e. The molecule has 0 saturated heterocycles. The number of aromatic nitrogens is 2. The monoisotopic (exact) mass is 309 g/mol. The lowest BCUT2D eigenvalue weighted by Crippen LogP contribution is -2.35. The first-order chi connectivity index (χ1) is 9.23. The molecule has 0 amide bonds. The third-order valence-corrected chi connectivity index (χ3v) is 2.98. The zero-order valence-electron chi connectivity index (χ0n) is 10.7. The van der Waals surface area contributed by atoms with Gasteiger partial charge in [-0.1, -0.05) is 0 Å². The number of nitrogens with one attached hydrogen (secondary N) is 1. The normalized spacial score (nSPS) is 15.8. The second-order valence-electron chi connectivity index (χ2n) is 4.33. The van der Waals surface area contributed by atoms with Crippen LogP contribution in [0, 0.1) is 5.82 Å². The molecule has 0 fully saturated rings. The Balaban J connectivity index is 2.85. The molecule has 114 valence electrons. The van der Waals surface area contributed by atoms with Crippen LogP contribution in [-0.2, 0) is 15.8 Å². The Kier molecular flexibility index (Phi) is 5.82. The van der Waals surface area contributed by atoms with Crippen LogP contribution in [0.4, 0.5) is 4.39 Å². The predicted octanol–water partition coefficient (Wildman–Crippen LogP) is -1.33. The molecule has 1 aromatic rings. The van der Waals surface area contributed by atoms with E-state index in [-0.39, 0.29) is 19.6 Å². The Bertz CT molecular complexity index is 607. The van der Waals surface area contributed by atoms with Gasteiger partial charge in [-0.3, -0.25) is 14.3 Å². The van der Waals surface area contributed by atoms with Crippen LogP contribution in [0.3, 0.4) is 0 Å². The van der Waals surface area contributed by atoms with E-state index >= 15 is 0 Å². The molecule has 1 aromatic heterocycles. The number of aliphatic hydroxyl groups excluding tert-OH is 1. The summed E-state index contributed by atoms with van der Waals surface area (Å²) in [7, 11) is -3.65. The first kappa shape index (κ1) is 16.8. The molecule has 10 heteroatoms. The number of hydrogen-bond donors (Lipinski definition) is 2. The molecule has 0 aliphatic heterocycles. The Morgan fingerprint density at radius 2 is 2.25 bits per heavy atom. The molecular formula is C10H15FN2O6P-. The molecule has 1 rings (SSSR count). The fourth-order valence-electron chi connectivity index (χ4n) is 1.45. The number of ether oxygens (including phenoxy) is 1. The predicted molar refractivity (Wildman–Crippen MR) is 66.3 cm³/mol. The first-order valence-corrected chi connectivity index (χ1v) is 7.98. The van der Waals surface area contributed by atoms with Crippen LogP contribution in [0.25, 0.3) is 0 Å². The van der Waals surface area contributed by atoms with Crippen LogP contribution in [-0.4, -0.2) is 40.4 Å². The van der Waals surface area contributed by atoms with E-state index in [1.807, 2.05) is 0 Å². The molecule has 0 aliphatic rings. The second-order valence-corrected chi connectivity index (χ2v) is 6.62. The van der Waals surface area contributed by atoms with Crippen molar-refractivity contribution in [1.82, 2.24) is 9.55 Å². The molecule has 20 heavy (non-hydrogen) atoms. The van der Waals surface area contributed by atoms with E-state index in [0.717, 1.165) is 11.2 Å². The maximum absolute atomic E-state index is 13.1. The van der Waals surface area contributed by atoms with Gasteiger partial charge in [0, 0.05) is 14.0 Å². The van der Waals surface area contributed by atoms with Gasteiger partial charge in [-0.2, -0.15) is 4.39 Å². The summed E-state index contributed by atoms with van der Waals surface area (Å²) in [4.78, 5) is 35.1. The molecule has 2 N–H and O–H groups in total. The number of H-pyrrole nitrogens is 1. The largest absolute Gasteiger partial charge is 0.798 e. The van der Waals surface area contributed by atoms with Gasteiger partial charge in [0.2, 0.25) is 5.82 Å². The van der Waals surface area contributed by atoms with Crippen molar-refractivity contribution in [3.63, 3.8) is 0 Å². The Morgan fingerprint density at radius 1 is 1.60 bits per heavy atom. The van der Waals surface area contributed by atoms with Gasteiger partial charge in [-0.15, -0.1) is 0 Å². The summed E-state index contributed by atoms with van der Waals surface area (Å²) in [6, 6.07) is 0. The van der Waals surface area contributed by atoms with Gasteiger partial charge < -0.3 is 19.3 Å². The maximum atomic E-state index is 13.1. The van der Waals surface area contributed by atoms with E-state index in [9.17, 15) is 23.4 Å². The van der Waals surface area contributed by atoms with Gasteiger partial charge in [0.25, 0.3) is 5.56 Å². The van der Waals surface area contributed by atoms with Crippen molar-refractivity contribution in [3.8, 4) is 0 Å². The standard InChI is InChI=1S/C10H16FN2O6P/c1-20(17,18)6-19-7(2-3-14)4-13-5-8(11)9(15)12-10(13)16/h5,7,14H,2-4,6H2,1H3,(H,17,18)(H,12,15,16)/p-1/t7-/m1/s1. The van der Waals surface area contributed by atoms with Crippen LogP contribution in [0.2, 0.25) is 0 Å². The molecule has 1 unspecified atom stereocenters. The van der Waals surface area contributed by atoms with Gasteiger partial charge in [0.15, 0.2) is 0 Å². The topological polar surface area (TPSA) is 124 Å². The van der Waals surface area contributed by atoms with Crippen molar-refractivity contribution >= 4 is 7.37 Å². The van der Waals surface area contributed by atoms with E-state index in [2.05, 4.69) is 0 Å². The zero-order chi connectivity index (χ0) is 15.3. The molecule has 2 atom stereocenters. The quantitative estimate of drug-likeness (QED) is 0.601. The van der Waals surface area contributed by atoms with E-state index < -0.39 is 36.9 Å². The van der Waals surface area contributed by atoms with E-state index in [4.69, 9.17) is 9.84 Å². The van der Waals surface area contributed by atoms with E-state index in [0.29, 0.717) is 6.20 Å². The number of nitrogens with zero attached hydrogens (tertiary/aromatic N) is 1. The number of hydrogen-bond acceptors (Lipinski definition) is 6. The SMILES string of the molecule is CP(=O)([O-])CO[C@H](CCO)Cn1cc(F)c(=O)[nH]c1=O. The molecule has 0 aliphatic carbocycles. The molecule has 1 heterocycles. The lowest BCUT2D eigenvalue weighted by molar-refractivity contribution is -0.179. The average molecular weight is 309 g/mol. The summed E-state index contributed by atoms with van der Waals surface area (Å²) in [5.41, 5.74) is -1.98. The summed E-state index contributed by atoms with van der Waals surface area (Å²) in [5.74, 6) is -1.14. The molecule has 0 bridgehead atoms. The third kappa shape index (κ3) is 5.38. The minimum atomic E-state index is -3.65. The number of aromatic amines is 1. The summed E-state index contributed by atoms with van der Waals surface area (Å²) in [6.07, 6.45) is -0.589. The molecule has 0 aromatic carbocycles. The van der Waals surface area contributed by atoms with Crippen molar-refractivity contribution in [1.29, 1.82) is 0 Å². The van der Waals surface area contributed by atoms with Crippen LogP contribution in [0.15, 0.2) is 15.8 Å². The highest BCUT2D eigenvalue weighted by molar-refractivity contribution is 7.55. The highest BCUT2D eigenvalue weighted by Gasteiger charge is 2.14. The van der Waals surface area contributed by atoms with Gasteiger partial charge in [0.05, 0.1) is 25.2 Å². The van der Waals surface area contributed by atoms with Gasteiger partial charge >= 0.3 is 5.69 Å². The van der Waals surface area contributed by atoms with Crippen molar-refractivity contribution in [2.75, 3.05) is 19.6 Å². The van der Waals surface area contributed by atoms with Crippen molar-refractivity contribution in [3.05, 3.63) is 32.9 Å². The molecular weight excluding hydrogens is 294 g/mol. The highest BCUT2D eigenvalue weighted by Crippen LogP contribution is 2.29. The fourth-order valence-corrected chi connectivity index (χ4v) is 1.93. The summed E-state index contributed by atoms with van der Waals surface area (Å²) >= 11 is 0. The maximum Gasteiger partial charge on any atom is 0.328 e. The lowest BCUT2D eigenvalue weighted by atomic mass is 10.2. The smallest absolute Gasteiger partial charge is 0.328 e. The zero-order valence-corrected chi connectivity index (χ0v) is 11.6. The lowest BCUT2D eigenvalue weighted by Gasteiger charge is -2.23. The summed E-state index contributed by atoms with van der Waals surface area (Å²) in [5, 5.41) is 8.87. The van der Waals surface area contributed by atoms with Crippen LogP contribution in [0.1, 0.15) is 6.42 Å². The van der Waals surface area contributed by atoms with Crippen molar-refractivity contribution in [2.24, 2.45) is 0 Å². The van der Waals surface area contributed by atoms with E-state index in [1.54, 1.807) is 4.98 Å². The third-order valence-electron chi connectivity index (χ3n) is 2.36. The van der Waals surface area contributed by atoms with Crippen LogP contribution >= 0.6 is 7.37 Å². The first-order valence-electron chi connectivity index (χ1n) is 5.72. The fraction of sp³-hybridized carbons (Fsp3) is 0.600. The minimum absolute atomic E-state index is 0.0627. The van der Waals surface area contributed by atoms with Crippen LogP contribution in [0.5, 0.6) is 0 Å². The Labute approximate surface area is 113 Å². The highest BCUT2D eigenvalue weighted by atomic mass is 31.2. The molecule has 0 radical (unpaired) electrons. The average Bonchev–Trinajstić information content (AvgIpc) is 2.32. The second kappa shape index (κ2) is 6.94. The molecule has 0 saturated carbocycles. The Hall–Kier alpha value is -1.28. The summed E-state index contributed by atoms with van der Waals surface area (Å²) < 4.78 is 30.0. The van der Waals surface area contributed by atoms with Crippen molar-refractivity contribution < 1.29 is 23.7 Å². The van der Waals surface area contributed by atoms with Gasteiger partial charge in [-0.05, 0) is 13.1 Å². The molecule has 0 spiro atoms. The number of halogens is 1.